The standard InChI is InChI=1S/C11H13BrFN/c1-7(2)11(14-3)8-4-9(12)6-10(13)5-8/h4-6,11,14H,1H2,2-3H3. The van der Waals surface area contributed by atoms with Gasteiger partial charge < -0.3 is 5.32 Å². The van der Waals surface area contributed by atoms with Crippen molar-refractivity contribution in [2.75, 3.05) is 7.05 Å². The molecule has 0 aliphatic carbocycles. The molecule has 1 unspecified atom stereocenters. The molecular formula is C11H13BrFN. The summed E-state index contributed by atoms with van der Waals surface area (Å²) in [4.78, 5) is 0. The minimum atomic E-state index is -0.240. The zero-order chi connectivity index (χ0) is 10.7. The summed E-state index contributed by atoms with van der Waals surface area (Å²) >= 11 is 3.26. The van der Waals surface area contributed by atoms with Crippen LogP contribution in [0.4, 0.5) is 4.39 Å². The third-order valence-electron chi connectivity index (χ3n) is 2.00. The van der Waals surface area contributed by atoms with Crippen LogP contribution in [-0.2, 0) is 0 Å². The van der Waals surface area contributed by atoms with Crippen molar-refractivity contribution in [2.24, 2.45) is 0 Å². The summed E-state index contributed by atoms with van der Waals surface area (Å²) in [7, 11) is 1.83. The molecule has 0 aromatic heterocycles. The summed E-state index contributed by atoms with van der Waals surface area (Å²) in [6.07, 6.45) is 0. The monoisotopic (exact) mass is 257 g/mol. The van der Waals surface area contributed by atoms with Crippen LogP contribution in [0.25, 0.3) is 0 Å². The minimum Gasteiger partial charge on any atom is -0.310 e. The fraction of sp³-hybridized carbons (Fsp3) is 0.273. The quantitative estimate of drug-likeness (QED) is 0.819. The van der Waals surface area contributed by atoms with Crippen molar-refractivity contribution >= 4 is 15.9 Å². The smallest absolute Gasteiger partial charge is 0.124 e. The fourth-order valence-electron chi connectivity index (χ4n) is 1.44. The molecule has 76 valence electrons. The van der Waals surface area contributed by atoms with Crippen LogP contribution in [0.1, 0.15) is 18.5 Å². The molecule has 1 rings (SSSR count). The molecule has 0 heterocycles. The predicted molar refractivity (Wildman–Crippen MR) is 60.7 cm³/mol. The van der Waals surface area contributed by atoms with Crippen LogP contribution in [0.15, 0.2) is 34.8 Å². The van der Waals surface area contributed by atoms with Crippen LogP contribution in [-0.4, -0.2) is 7.05 Å². The molecular weight excluding hydrogens is 245 g/mol. The summed E-state index contributed by atoms with van der Waals surface area (Å²) in [6, 6.07) is 4.84. The molecule has 0 aliphatic rings. The van der Waals surface area contributed by atoms with Crippen LogP contribution in [0, 0.1) is 5.82 Å². The van der Waals surface area contributed by atoms with Gasteiger partial charge in [0.2, 0.25) is 0 Å². The molecule has 1 N–H and O–H groups in total. The van der Waals surface area contributed by atoms with Gasteiger partial charge in [-0.2, -0.15) is 0 Å². The van der Waals surface area contributed by atoms with Crippen LogP contribution < -0.4 is 5.32 Å². The van der Waals surface area contributed by atoms with Gasteiger partial charge in [-0.1, -0.05) is 28.1 Å². The predicted octanol–water partition coefficient (Wildman–Crippen LogP) is 3.42. The van der Waals surface area contributed by atoms with Gasteiger partial charge in [0.15, 0.2) is 0 Å². The highest BCUT2D eigenvalue weighted by Crippen LogP contribution is 2.24. The lowest BCUT2D eigenvalue weighted by Crippen LogP contribution is -2.17. The molecule has 0 saturated heterocycles. The largest absolute Gasteiger partial charge is 0.310 e. The highest BCUT2D eigenvalue weighted by atomic mass is 79.9. The van der Waals surface area contributed by atoms with Crippen molar-refractivity contribution in [2.45, 2.75) is 13.0 Å². The van der Waals surface area contributed by atoms with Crippen LogP contribution in [0.2, 0.25) is 0 Å². The number of hydrogen-bond acceptors (Lipinski definition) is 1. The molecule has 1 aromatic rings. The van der Waals surface area contributed by atoms with Gasteiger partial charge in [-0.05, 0) is 37.7 Å². The van der Waals surface area contributed by atoms with Gasteiger partial charge >= 0.3 is 0 Å². The fourth-order valence-corrected chi connectivity index (χ4v) is 1.92. The highest BCUT2D eigenvalue weighted by Gasteiger charge is 2.11. The average Bonchev–Trinajstić information content (AvgIpc) is 2.02. The van der Waals surface area contributed by atoms with Gasteiger partial charge in [-0.3, -0.25) is 0 Å². The van der Waals surface area contributed by atoms with Gasteiger partial charge in [0.25, 0.3) is 0 Å². The lowest BCUT2D eigenvalue weighted by atomic mass is 10.0. The first-order chi connectivity index (χ1) is 6.54. The SMILES string of the molecule is C=C(C)C(NC)c1cc(F)cc(Br)c1. The van der Waals surface area contributed by atoms with Crippen molar-refractivity contribution in [1.29, 1.82) is 0 Å². The molecule has 0 radical (unpaired) electrons. The third kappa shape index (κ3) is 2.66. The third-order valence-corrected chi connectivity index (χ3v) is 2.46. The molecule has 1 atom stereocenters. The number of hydrogen-bond donors (Lipinski definition) is 1. The maximum atomic E-state index is 13.1. The Morgan fingerprint density at radius 1 is 1.50 bits per heavy atom. The second-order valence-electron chi connectivity index (χ2n) is 3.27. The number of rotatable bonds is 3. The molecule has 0 saturated carbocycles. The van der Waals surface area contributed by atoms with Crippen molar-refractivity contribution in [3.8, 4) is 0 Å². The highest BCUT2D eigenvalue weighted by molar-refractivity contribution is 9.10. The number of benzene rings is 1. The number of halogens is 2. The Kier molecular flexibility index (Phi) is 3.84. The molecule has 1 aromatic carbocycles. The Morgan fingerprint density at radius 2 is 2.14 bits per heavy atom. The van der Waals surface area contributed by atoms with E-state index in [1.54, 1.807) is 0 Å². The second kappa shape index (κ2) is 4.71. The summed E-state index contributed by atoms with van der Waals surface area (Å²) in [5, 5.41) is 3.09. The molecule has 0 bridgehead atoms. The van der Waals surface area contributed by atoms with E-state index in [1.807, 2.05) is 20.0 Å². The van der Waals surface area contributed by atoms with Gasteiger partial charge in [-0.15, -0.1) is 0 Å². The second-order valence-corrected chi connectivity index (χ2v) is 4.19. The topological polar surface area (TPSA) is 12.0 Å². The Labute approximate surface area is 92.1 Å². The van der Waals surface area contributed by atoms with Gasteiger partial charge in [0.1, 0.15) is 5.82 Å². The summed E-state index contributed by atoms with van der Waals surface area (Å²) < 4.78 is 13.8. The van der Waals surface area contributed by atoms with E-state index in [1.165, 1.54) is 12.1 Å². The minimum absolute atomic E-state index is 0.00185. The maximum Gasteiger partial charge on any atom is 0.124 e. The molecule has 0 spiro atoms. The van der Waals surface area contributed by atoms with Crippen molar-refractivity contribution < 1.29 is 4.39 Å². The van der Waals surface area contributed by atoms with E-state index in [-0.39, 0.29) is 11.9 Å². The van der Waals surface area contributed by atoms with E-state index >= 15 is 0 Å². The summed E-state index contributed by atoms with van der Waals surface area (Å²) in [5.74, 6) is -0.240. The van der Waals surface area contributed by atoms with Crippen LogP contribution in [0.5, 0.6) is 0 Å². The van der Waals surface area contributed by atoms with E-state index in [2.05, 4.69) is 27.8 Å². The number of nitrogens with one attached hydrogen (secondary N) is 1. The van der Waals surface area contributed by atoms with Gasteiger partial charge in [0, 0.05) is 4.47 Å². The van der Waals surface area contributed by atoms with E-state index in [0.717, 1.165) is 15.6 Å². The molecule has 1 nitrogen and oxygen atoms in total. The first-order valence-electron chi connectivity index (χ1n) is 4.33. The molecule has 3 heteroatoms. The maximum absolute atomic E-state index is 13.1. The number of likely N-dealkylation sites (N-methyl/N-ethyl adjacent to an activating group) is 1. The van der Waals surface area contributed by atoms with Gasteiger partial charge in [0.05, 0.1) is 6.04 Å². The zero-order valence-corrected chi connectivity index (χ0v) is 9.86. The van der Waals surface area contributed by atoms with E-state index < -0.39 is 0 Å². The molecule has 0 amide bonds. The van der Waals surface area contributed by atoms with E-state index in [9.17, 15) is 4.39 Å². The molecule has 14 heavy (non-hydrogen) atoms. The summed E-state index contributed by atoms with van der Waals surface area (Å²) in [5.41, 5.74) is 1.84. The zero-order valence-electron chi connectivity index (χ0n) is 8.27. The Bertz CT molecular complexity index is 329. The van der Waals surface area contributed by atoms with Gasteiger partial charge in [-0.25, -0.2) is 4.39 Å². The molecule has 0 aliphatic heterocycles. The van der Waals surface area contributed by atoms with E-state index in [4.69, 9.17) is 0 Å². The first kappa shape index (κ1) is 11.4. The lowest BCUT2D eigenvalue weighted by molar-refractivity contribution is 0.614. The lowest BCUT2D eigenvalue weighted by Gasteiger charge is -2.16. The normalized spacial score (nSPS) is 12.6. The molecule has 0 fully saturated rings. The summed E-state index contributed by atoms with van der Waals surface area (Å²) in [6.45, 7) is 5.78. The van der Waals surface area contributed by atoms with Crippen molar-refractivity contribution in [1.82, 2.24) is 5.32 Å². The van der Waals surface area contributed by atoms with E-state index in [0.29, 0.717) is 0 Å². The Hall–Kier alpha value is -0.670. The van der Waals surface area contributed by atoms with Crippen LogP contribution in [0.3, 0.4) is 0 Å². The first-order valence-corrected chi connectivity index (χ1v) is 5.12. The van der Waals surface area contributed by atoms with Crippen molar-refractivity contribution in [3.05, 3.63) is 46.2 Å². The Balaban J connectivity index is 3.10. The van der Waals surface area contributed by atoms with Crippen LogP contribution >= 0.6 is 15.9 Å². The van der Waals surface area contributed by atoms with Crippen molar-refractivity contribution in [3.63, 3.8) is 0 Å². The average molecular weight is 258 g/mol. The Morgan fingerprint density at radius 3 is 2.57 bits per heavy atom.